The van der Waals surface area contributed by atoms with E-state index in [0.717, 1.165) is 37.1 Å². The maximum absolute atomic E-state index is 12.5. The molecule has 1 fully saturated rings. The van der Waals surface area contributed by atoms with Crippen molar-refractivity contribution in [3.63, 3.8) is 0 Å². The van der Waals surface area contributed by atoms with Gasteiger partial charge in [-0.2, -0.15) is 0 Å². The Labute approximate surface area is 124 Å². The molecule has 0 aliphatic carbocycles. The fourth-order valence-corrected chi connectivity index (χ4v) is 2.64. The van der Waals surface area contributed by atoms with Crippen molar-refractivity contribution in [2.45, 2.75) is 33.6 Å². The second kappa shape index (κ2) is 5.85. The topological polar surface area (TPSA) is 78.4 Å². The highest BCUT2D eigenvalue weighted by Crippen LogP contribution is 2.30. The zero-order chi connectivity index (χ0) is 15.6. The average Bonchev–Trinajstić information content (AvgIpc) is 2.43. The lowest BCUT2D eigenvalue weighted by Crippen LogP contribution is -2.42. The predicted octanol–water partition coefficient (Wildman–Crippen LogP) is 2.33. The lowest BCUT2D eigenvalue weighted by Gasteiger charge is -2.32. The SMILES string of the molecule is Cc1cc(NC(=O)C2(C)CCNCC2)cc(C(=O)O)c1C. The van der Waals surface area contributed by atoms with Crippen LogP contribution in [-0.4, -0.2) is 30.1 Å². The molecule has 114 valence electrons. The number of carboxylic acid groups (broad SMARTS) is 1. The van der Waals surface area contributed by atoms with Gasteiger partial charge in [0.1, 0.15) is 0 Å². The van der Waals surface area contributed by atoms with Crippen molar-refractivity contribution in [3.8, 4) is 0 Å². The maximum atomic E-state index is 12.5. The summed E-state index contributed by atoms with van der Waals surface area (Å²) in [4.78, 5) is 23.7. The Morgan fingerprint density at radius 1 is 1.24 bits per heavy atom. The summed E-state index contributed by atoms with van der Waals surface area (Å²) in [6, 6.07) is 3.36. The Morgan fingerprint density at radius 2 is 1.86 bits per heavy atom. The summed E-state index contributed by atoms with van der Waals surface area (Å²) >= 11 is 0. The second-order valence-corrected chi connectivity index (χ2v) is 6.04. The van der Waals surface area contributed by atoms with Crippen LogP contribution in [0.25, 0.3) is 0 Å². The molecule has 0 aromatic heterocycles. The third-order valence-electron chi connectivity index (χ3n) is 4.41. The number of rotatable bonds is 3. The number of hydrogen-bond acceptors (Lipinski definition) is 3. The molecule has 1 aromatic carbocycles. The number of aryl methyl sites for hydroxylation is 1. The van der Waals surface area contributed by atoms with E-state index in [2.05, 4.69) is 10.6 Å². The monoisotopic (exact) mass is 290 g/mol. The molecule has 1 aliphatic heterocycles. The van der Waals surface area contributed by atoms with Gasteiger partial charge in [0.05, 0.1) is 5.56 Å². The molecule has 0 radical (unpaired) electrons. The van der Waals surface area contributed by atoms with Gasteiger partial charge < -0.3 is 15.7 Å². The summed E-state index contributed by atoms with van der Waals surface area (Å²) in [5.41, 5.74) is 1.99. The molecule has 0 saturated carbocycles. The van der Waals surface area contributed by atoms with E-state index in [-0.39, 0.29) is 11.5 Å². The van der Waals surface area contributed by atoms with Gasteiger partial charge >= 0.3 is 5.97 Å². The molecular weight excluding hydrogens is 268 g/mol. The summed E-state index contributed by atoms with van der Waals surface area (Å²) in [7, 11) is 0. The first-order valence-electron chi connectivity index (χ1n) is 7.20. The van der Waals surface area contributed by atoms with Crippen molar-refractivity contribution in [1.29, 1.82) is 0 Å². The van der Waals surface area contributed by atoms with E-state index in [4.69, 9.17) is 0 Å². The van der Waals surface area contributed by atoms with Crippen LogP contribution in [0.5, 0.6) is 0 Å². The summed E-state index contributed by atoms with van der Waals surface area (Å²) in [6.07, 6.45) is 1.57. The molecule has 0 spiro atoms. The standard InChI is InChI=1S/C16H22N2O3/c1-10-8-12(9-13(11(10)2)14(19)20)18-15(21)16(3)4-6-17-7-5-16/h8-9,17H,4-7H2,1-3H3,(H,18,21)(H,19,20). The number of aromatic carboxylic acids is 1. The van der Waals surface area contributed by atoms with Gasteiger partial charge in [-0.1, -0.05) is 6.92 Å². The van der Waals surface area contributed by atoms with Crippen molar-refractivity contribution in [1.82, 2.24) is 5.32 Å². The van der Waals surface area contributed by atoms with Crippen LogP contribution in [0.1, 0.15) is 41.3 Å². The molecule has 1 amide bonds. The van der Waals surface area contributed by atoms with E-state index in [9.17, 15) is 14.7 Å². The quantitative estimate of drug-likeness (QED) is 0.798. The van der Waals surface area contributed by atoms with Crippen LogP contribution in [0.15, 0.2) is 12.1 Å². The van der Waals surface area contributed by atoms with Crippen molar-refractivity contribution in [2.75, 3.05) is 18.4 Å². The van der Waals surface area contributed by atoms with Gasteiger partial charge in [0.15, 0.2) is 0 Å². The molecule has 5 heteroatoms. The van der Waals surface area contributed by atoms with Crippen LogP contribution in [0.2, 0.25) is 0 Å². The Kier molecular flexibility index (Phi) is 4.32. The number of nitrogens with one attached hydrogen (secondary N) is 2. The number of benzene rings is 1. The van der Waals surface area contributed by atoms with Crippen LogP contribution < -0.4 is 10.6 Å². The second-order valence-electron chi connectivity index (χ2n) is 6.04. The molecule has 2 rings (SSSR count). The third kappa shape index (κ3) is 3.24. The fourth-order valence-electron chi connectivity index (χ4n) is 2.64. The van der Waals surface area contributed by atoms with Gasteiger partial charge in [0.2, 0.25) is 5.91 Å². The van der Waals surface area contributed by atoms with Crippen molar-refractivity contribution in [2.24, 2.45) is 5.41 Å². The van der Waals surface area contributed by atoms with E-state index < -0.39 is 11.4 Å². The van der Waals surface area contributed by atoms with Crippen LogP contribution in [-0.2, 0) is 4.79 Å². The minimum Gasteiger partial charge on any atom is -0.478 e. The van der Waals surface area contributed by atoms with Crippen molar-refractivity contribution >= 4 is 17.6 Å². The summed E-state index contributed by atoms with van der Waals surface area (Å²) in [5, 5.41) is 15.4. The smallest absolute Gasteiger partial charge is 0.336 e. The highest BCUT2D eigenvalue weighted by atomic mass is 16.4. The first kappa shape index (κ1) is 15.5. The Hall–Kier alpha value is -1.88. The number of anilines is 1. The maximum Gasteiger partial charge on any atom is 0.336 e. The fraction of sp³-hybridized carbons (Fsp3) is 0.500. The number of carbonyl (C=O) groups is 2. The molecule has 0 bridgehead atoms. The van der Waals surface area contributed by atoms with Gasteiger partial charge in [-0.05, 0) is 63.0 Å². The third-order valence-corrected chi connectivity index (χ3v) is 4.41. The first-order chi connectivity index (χ1) is 9.83. The number of carboxylic acids is 1. The number of hydrogen-bond donors (Lipinski definition) is 3. The van der Waals surface area contributed by atoms with Crippen LogP contribution in [0, 0.1) is 19.3 Å². The molecule has 1 aromatic rings. The Bertz CT molecular complexity index is 575. The van der Waals surface area contributed by atoms with Gasteiger partial charge in [0.25, 0.3) is 0 Å². The molecule has 1 saturated heterocycles. The van der Waals surface area contributed by atoms with Gasteiger partial charge in [0, 0.05) is 11.1 Å². The van der Waals surface area contributed by atoms with E-state index in [1.54, 1.807) is 6.92 Å². The van der Waals surface area contributed by atoms with E-state index in [0.29, 0.717) is 5.69 Å². The molecule has 0 atom stereocenters. The Morgan fingerprint density at radius 3 is 2.43 bits per heavy atom. The van der Waals surface area contributed by atoms with Gasteiger partial charge in [-0.25, -0.2) is 4.79 Å². The summed E-state index contributed by atoms with van der Waals surface area (Å²) in [5.74, 6) is -1.01. The molecular formula is C16H22N2O3. The van der Waals surface area contributed by atoms with Crippen molar-refractivity contribution < 1.29 is 14.7 Å². The molecule has 1 aliphatic rings. The number of amides is 1. The lowest BCUT2D eigenvalue weighted by atomic mass is 9.80. The molecule has 21 heavy (non-hydrogen) atoms. The lowest BCUT2D eigenvalue weighted by molar-refractivity contribution is -0.126. The van der Waals surface area contributed by atoms with E-state index >= 15 is 0 Å². The predicted molar refractivity (Wildman–Crippen MR) is 81.7 cm³/mol. The zero-order valence-electron chi connectivity index (χ0n) is 12.7. The number of carbonyl (C=O) groups excluding carboxylic acids is 1. The summed E-state index contributed by atoms with van der Waals surface area (Å²) < 4.78 is 0. The zero-order valence-corrected chi connectivity index (χ0v) is 12.7. The minimum atomic E-state index is -0.972. The molecule has 5 nitrogen and oxygen atoms in total. The van der Waals surface area contributed by atoms with Crippen LogP contribution in [0.4, 0.5) is 5.69 Å². The Balaban J connectivity index is 2.23. The van der Waals surface area contributed by atoms with E-state index in [1.807, 2.05) is 19.9 Å². The largest absolute Gasteiger partial charge is 0.478 e. The molecule has 3 N–H and O–H groups in total. The van der Waals surface area contributed by atoms with Gasteiger partial charge in [-0.15, -0.1) is 0 Å². The molecule has 0 unspecified atom stereocenters. The van der Waals surface area contributed by atoms with Crippen LogP contribution in [0.3, 0.4) is 0 Å². The summed E-state index contributed by atoms with van der Waals surface area (Å²) in [6.45, 7) is 7.25. The van der Waals surface area contributed by atoms with Gasteiger partial charge in [-0.3, -0.25) is 4.79 Å². The minimum absolute atomic E-state index is 0.0383. The average molecular weight is 290 g/mol. The van der Waals surface area contributed by atoms with E-state index in [1.165, 1.54) is 6.07 Å². The molecule has 1 heterocycles. The number of piperidine rings is 1. The first-order valence-corrected chi connectivity index (χ1v) is 7.20. The normalized spacial score (nSPS) is 17.3. The van der Waals surface area contributed by atoms with Crippen molar-refractivity contribution in [3.05, 3.63) is 28.8 Å². The highest BCUT2D eigenvalue weighted by molar-refractivity contribution is 5.97. The highest BCUT2D eigenvalue weighted by Gasteiger charge is 2.34. The van der Waals surface area contributed by atoms with Crippen LogP contribution >= 0.6 is 0 Å².